The van der Waals surface area contributed by atoms with Crippen molar-refractivity contribution in [3.05, 3.63) is 46.9 Å². The van der Waals surface area contributed by atoms with E-state index in [9.17, 15) is 18.0 Å². The first-order valence-corrected chi connectivity index (χ1v) is 9.44. The number of amides is 1. The zero-order valence-corrected chi connectivity index (χ0v) is 16.0. The van der Waals surface area contributed by atoms with Crippen LogP contribution in [-0.4, -0.2) is 33.4 Å². The lowest BCUT2D eigenvalue weighted by molar-refractivity contribution is -0.141. The van der Waals surface area contributed by atoms with Gasteiger partial charge in [0.2, 0.25) is 0 Å². The van der Waals surface area contributed by atoms with Crippen LogP contribution in [0.3, 0.4) is 0 Å². The lowest BCUT2D eigenvalue weighted by atomic mass is 9.99. The van der Waals surface area contributed by atoms with Gasteiger partial charge in [0.15, 0.2) is 0 Å². The number of likely N-dealkylation sites (tertiary alicyclic amines) is 1. The molecule has 2 aromatic heterocycles. The number of aromatic nitrogens is 2. The van der Waals surface area contributed by atoms with Gasteiger partial charge in [-0.05, 0) is 43.9 Å². The maximum atomic E-state index is 12.8. The molecule has 2 aromatic rings. The van der Waals surface area contributed by atoms with E-state index >= 15 is 0 Å². The number of carbonyl (C=O) groups excluding carboxylic acids is 1. The predicted octanol–water partition coefficient (Wildman–Crippen LogP) is 5.30. The minimum Gasteiger partial charge on any atom is -0.338 e. The van der Waals surface area contributed by atoms with E-state index < -0.39 is 11.9 Å². The van der Waals surface area contributed by atoms with Crippen LogP contribution >= 0.6 is 11.6 Å². The molecular weight excluding hydrogens is 393 g/mol. The quantitative estimate of drug-likeness (QED) is 0.740. The molecule has 0 bridgehead atoms. The van der Waals surface area contributed by atoms with Gasteiger partial charge in [-0.15, -0.1) is 0 Å². The molecule has 1 fully saturated rings. The first kappa shape index (κ1) is 20.4. The minimum absolute atomic E-state index is 0.108. The molecule has 9 heteroatoms. The Morgan fingerprint density at radius 2 is 2.07 bits per heavy atom. The van der Waals surface area contributed by atoms with Crippen LogP contribution in [0.15, 0.2) is 30.6 Å². The van der Waals surface area contributed by atoms with Crippen molar-refractivity contribution in [1.82, 2.24) is 14.9 Å². The van der Waals surface area contributed by atoms with Crippen LogP contribution in [0.5, 0.6) is 0 Å². The molecule has 0 radical (unpaired) electrons. The molecule has 28 heavy (non-hydrogen) atoms. The number of nitrogens with one attached hydrogen (secondary N) is 1. The number of alkyl halides is 3. The number of hydrogen-bond acceptors (Lipinski definition) is 4. The Morgan fingerprint density at radius 3 is 2.68 bits per heavy atom. The summed E-state index contributed by atoms with van der Waals surface area (Å²) in [5.41, 5.74) is -0.282. The fourth-order valence-corrected chi connectivity index (χ4v) is 3.49. The highest BCUT2D eigenvalue weighted by Crippen LogP contribution is 2.30. The second-order valence-electron chi connectivity index (χ2n) is 6.67. The molecule has 3 rings (SSSR count). The molecule has 5 nitrogen and oxygen atoms in total. The predicted molar refractivity (Wildman–Crippen MR) is 101 cm³/mol. The maximum Gasteiger partial charge on any atom is 0.433 e. The number of anilines is 2. The highest BCUT2D eigenvalue weighted by atomic mass is 35.5. The SMILES string of the molecule is CCC1CCCCN1C(=O)c1cnc(Nc2ccc(C(F)(F)F)nc2)c(Cl)c1. The molecule has 0 spiro atoms. The Balaban J connectivity index is 1.74. The average Bonchev–Trinajstić information content (AvgIpc) is 2.68. The fourth-order valence-electron chi connectivity index (χ4n) is 3.28. The van der Waals surface area contributed by atoms with Crippen molar-refractivity contribution < 1.29 is 18.0 Å². The summed E-state index contributed by atoms with van der Waals surface area (Å²) in [6, 6.07) is 3.86. The molecule has 0 saturated carbocycles. The molecule has 1 saturated heterocycles. The van der Waals surface area contributed by atoms with Gasteiger partial charge in [-0.25, -0.2) is 9.97 Å². The van der Waals surface area contributed by atoms with Gasteiger partial charge in [0.05, 0.1) is 22.5 Å². The van der Waals surface area contributed by atoms with E-state index in [0.29, 0.717) is 17.8 Å². The van der Waals surface area contributed by atoms with E-state index in [0.717, 1.165) is 37.9 Å². The maximum absolute atomic E-state index is 12.8. The van der Waals surface area contributed by atoms with E-state index in [2.05, 4.69) is 22.2 Å². The van der Waals surface area contributed by atoms with E-state index in [1.165, 1.54) is 18.3 Å². The van der Waals surface area contributed by atoms with Crippen LogP contribution in [0.4, 0.5) is 24.7 Å². The number of hydrogen-bond donors (Lipinski definition) is 1. The third-order valence-electron chi connectivity index (χ3n) is 4.76. The summed E-state index contributed by atoms with van der Waals surface area (Å²) >= 11 is 6.24. The molecule has 150 valence electrons. The lowest BCUT2D eigenvalue weighted by Gasteiger charge is -2.35. The van der Waals surface area contributed by atoms with Gasteiger partial charge in [0.1, 0.15) is 11.5 Å². The highest BCUT2D eigenvalue weighted by Gasteiger charge is 2.32. The lowest BCUT2D eigenvalue weighted by Crippen LogP contribution is -2.43. The molecular formula is C19H20ClF3N4O. The summed E-state index contributed by atoms with van der Waals surface area (Å²) in [6.45, 7) is 2.78. The summed E-state index contributed by atoms with van der Waals surface area (Å²) < 4.78 is 37.8. The van der Waals surface area contributed by atoms with Gasteiger partial charge in [-0.3, -0.25) is 4.79 Å². The van der Waals surface area contributed by atoms with E-state index in [1.54, 1.807) is 0 Å². The average molecular weight is 413 g/mol. The molecule has 1 N–H and O–H groups in total. The summed E-state index contributed by atoms with van der Waals surface area (Å²) in [6.07, 6.45) is 1.96. The Bertz CT molecular complexity index is 842. The smallest absolute Gasteiger partial charge is 0.338 e. The number of piperidine rings is 1. The molecule has 0 aliphatic carbocycles. The number of halogens is 4. The first-order valence-electron chi connectivity index (χ1n) is 9.06. The molecule has 1 aliphatic rings. The topological polar surface area (TPSA) is 58.1 Å². The van der Waals surface area contributed by atoms with Crippen LogP contribution in [0, 0.1) is 0 Å². The van der Waals surface area contributed by atoms with Crippen molar-refractivity contribution in [3.63, 3.8) is 0 Å². The van der Waals surface area contributed by atoms with Crippen LogP contribution in [-0.2, 0) is 6.18 Å². The Hall–Kier alpha value is -2.35. The van der Waals surface area contributed by atoms with Gasteiger partial charge >= 0.3 is 6.18 Å². The zero-order chi connectivity index (χ0) is 20.3. The normalized spacial score (nSPS) is 17.5. The van der Waals surface area contributed by atoms with Crippen LogP contribution in [0.2, 0.25) is 5.02 Å². The van der Waals surface area contributed by atoms with Gasteiger partial charge in [0, 0.05) is 18.8 Å². The van der Waals surface area contributed by atoms with Crippen LogP contribution in [0.25, 0.3) is 0 Å². The van der Waals surface area contributed by atoms with Gasteiger partial charge < -0.3 is 10.2 Å². The molecule has 1 atom stereocenters. The number of rotatable bonds is 4. The van der Waals surface area contributed by atoms with Crippen LogP contribution in [0.1, 0.15) is 48.7 Å². The Kier molecular flexibility index (Phi) is 6.07. The number of pyridine rings is 2. The molecule has 1 aliphatic heterocycles. The van der Waals surface area contributed by atoms with Crippen molar-refractivity contribution in [1.29, 1.82) is 0 Å². The minimum atomic E-state index is -4.50. The van der Waals surface area contributed by atoms with Gasteiger partial charge in [0.25, 0.3) is 5.91 Å². The Labute approximate surface area is 165 Å². The van der Waals surface area contributed by atoms with Crippen molar-refractivity contribution in [2.24, 2.45) is 0 Å². The monoisotopic (exact) mass is 412 g/mol. The Morgan fingerprint density at radius 1 is 1.29 bits per heavy atom. The molecule has 3 heterocycles. The van der Waals surface area contributed by atoms with Crippen molar-refractivity contribution in [2.75, 3.05) is 11.9 Å². The van der Waals surface area contributed by atoms with Crippen molar-refractivity contribution in [3.8, 4) is 0 Å². The standard InChI is InChI=1S/C19H20ClF3N4O/c1-2-14-5-3-4-8-27(14)18(28)12-9-15(20)17(25-10-12)26-13-6-7-16(24-11-13)19(21,22)23/h6-7,9-11,14H,2-5,8H2,1H3,(H,25,26). The summed E-state index contributed by atoms with van der Waals surface area (Å²) in [4.78, 5) is 22.2. The zero-order valence-electron chi connectivity index (χ0n) is 15.3. The number of nitrogens with zero attached hydrogens (tertiary/aromatic N) is 3. The van der Waals surface area contributed by atoms with E-state index in [-0.39, 0.29) is 22.8 Å². The van der Waals surface area contributed by atoms with E-state index in [4.69, 9.17) is 11.6 Å². The van der Waals surface area contributed by atoms with E-state index in [1.807, 2.05) is 4.90 Å². The summed E-state index contributed by atoms with van der Waals surface area (Å²) in [7, 11) is 0. The molecule has 0 aromatic carbocycles. The molecule has 1 amide bonds. The van der Waals surface area contributed by atoms with Crippen LogP contribution < -0.4 is 5.32 Å². The first-order chi connectivity index (χ1) is 13.3. The highest BCUT2D eigenvalue weighted by molar-refractivity contribution is 6.33. The number of carbonyl (C=O) groups is 1. The van der Waals surface area contributed by atoms with Crippen molar-refractivity contribution in [2.45, 2.75) is 44.8 Å². The summed E-state index contributed by atoms with van der Waals surface area (Å²) in [5, 5.41) is 3.02. The van der Waals surface area contributed by atoms with Crippen molar-refractivity contribution >= 4 is 29.0 Å². The second kappa shape index (κ2) is 8.34. The van der Waals surface area contributed by atoms with Gasteiger partial charge in [-0.2, -0.15) is 13.2 Å². The third-order valence-corrected chi connectivity index (χ3v) is 5.05. The fraction of sp³-hybridized carbons (Fsp3) is 0.421. The second-order valence-corrected chi connectivity index (χ2v) is 7.07. The molecule has 1 unspecified atom stereocenters. The van der Waals surface area contributed by atoms with Gasteiger partial charge in [-0.1, -0.05) is 18.5 Å². The summed E-state index contributed by atoms with van der Waals surface area (Å²) in [5.74, 6) is 0.133. The third kappa shape index (κ3) is 4.55. The largest absolute Gasteiger partial charge is 0.433 e.